The predicted molar refractivity (Wildman–Crippen MR) is 131 cm³/mol. The number of aromatic hydroxyl groups is 2. The van der Waals surface area contributed by atoms with Crippen LogP contribution in [0, 0.1) is 5.92 Å². The maximum Gasteiger partial charge on any atom is 0.123 e. The number of aliphatic hydroxyl groups excluding tert-OH is 1. The van der Waals surface area contributed by atoms with Crippen molar-refractivity contribution in [1.29, 1.82) is 0 Å². The van der Waals surface area contributed by atoms with Crippen LogP contribution in [0.15, 0.2) is 35.9 Å². The van der Waals surface area contributed by atoms with Crippen LogP contribution in [0.3, 0.4) is 0 Å². The molecule has 1 aromatic carbocycles. The van der Waals surface area contributed by atoms with Crippen LogP contribution < -0.4 is 0 Å². The highest BCUT2D eigenvalue weighted by Crippen LogP contribution is 2.57. The van der Waals surface area contributed by atoms with Gasteiger partial charge in [-0.3, -0.25) is 0 Å². The summed E-state index contributed by atoms with van der Waals surface area (Å²) in [4.78, 5) is 0. The normalized spacial score (nSPS) is 23.4. The molecular formula is C25H36O3S2. The third-order valence-electron chi connectivity index (χ3n) is 6.48. The molecule has 2 atom stereocenters. The zero-order valence-corrected chi connectivity index (χ0v) is 20.0. The topological polar surface area (TPSA) is 60.7 Å². The molecule has 0 bridgehead atoms. The molecule has 1 fully saturated rings. The quantitative estimate of drug-likeness (QED) is 0.290. The number of phenolic OH excluding ortho intramolecular Hbond substituents is 2. The molecule has 0 saturated carbocycles. The van der Waals surface area contributed by atoms with Crippen LogP contribution in [-0.2, 0) is 4.08 Å². The lowest BCUT2D eigenvalue weighted by atomic mass is 9.73. The molecule has 1 aliphatic carbocycles. The number of phenols is 2. The molecule has 1 aliphatic heterocycles. The van der Waals surface area contributed by atoms with Crippen molar-refractivity contribution in [3.8, 4) is 11.5 Å². The van der Waals surface area contributed by atoms with Crippen molar-refractivity contribution in [2.45, 2.75) is 68.8 Å². The van der Waals surface area contributed by atoms with Gasteiger partial charge in [-0.25, -0.2) is 0 Å². The number of allylic oxidation sites excluding steroid dienone is 2. The SMILES string of the molecule is C=C(C)C1CCC(CO)=C[C@@H]1c1c(O)cc(C2(CCCCCC)SCCS2)cc1O. The van der Waals surface area contributed by atoms with Crippen molar-refractivity contribution in [3.63, 3.8) is 0 Å². The van der Waals surface area contributed by atoms with Gasteiger partial charge in [-0.05, 0) is 55.4 Å². The fourth-order valence-electron chi connectivity index (χ4n) is 4.82. The van der Waals surface area contributed by atoms with Gasteiger partial charge in [0.05, 0.1) is 10.7 Å². The van der Waals surface area contributed by atoms with Crippen LogP contribution in [0.5, 0.6) is 11.5 Å². The second kappa shape index (κ2) is 10.5. The molecule has 0 amide bonds. The van der Waals surface area contributed by atoms with E-state index < -0.39 is 0 Å². The third-order valence-corrected chi connectivity index (χ3v) is 10.1. The van der Waals surface area contributed by atoms with E-state index in [2.05, 4.69) is 13.5 Å². The van der Waals surface area contributed by atoms with Gasteiger partial charge in [0, 0.05) is 23.0 Å². The third kappa shape index (κ3) is 5.05. The first-order valence-corrected chi connectivity index (χ1v) is 13.2. The summed E-state index contributed by atoms with van der Waals surface area (Å²) in [5.41, 5.74) is 3.62. The monoisotopic (exact) mass is 448 g/mol. The Balaban J connectivity index is 1.95. The van der Waals surface area contributed by atoms with Crippen molar-refractivity contribution >= 4 is 23.5 Å². The molecule has 30 heavy (non-hydrogen) atoms. The zero-order chi connectivity index (χ0) is 21.7. The number of hydrogen-bond acceptors (Lipinski definition) is 5. The molecule has 1 unspecified atom stereocenters. The van der Waals surface area contributed by atoms with Gasteiger partial charge in [0.1, 0.15) is 11.5 Å². The lowest BCUT2D eigenvalue weighted by Gasteiger charge is -2.33. The van der Waals surface area contributed by atoms with E-state index in [-0.39, 0.29) is 34.0 Å². The van der Waals surface area contributed by atoms with Gasteiger partial charge in [0.25, 0.3) is 0 Å². The minimum Gasteiger partial charge on any atom is -0.507 e. The second-order valence-electron chi connectivity index (χ2n) is 8.69. The maximum atomic E-state index is 11.1. The Hall–Kier alpha value is -1.04. The lowest BCUT2D eigenvalue weighted by Crippen LogP contribution is -2.19. The van der Waals surface area contributed by atoms with E-state index in [1.807, 2.05) is 48.7 Å². The van der Waals surface area contributed by atoms with E-state index in [9.17, 15) is 15.3 Å². The maximum absolute atomic E-state index is 11.1. The van der Waals surface area contributed by atoms with Crippen molar-refractivity contribution in [3.05, 3.63) is 47.1 Å². The summed E-state index contributed by atoms with van der Waals surface area (Å²) in [6, 6.07) is 3.77. The van der Waals surface area contributed by atoms with E-state index in [4.69, 9.17) is 0 Å². The van der Waals surface area contributed by atoms with Crippen LogP contribution >= 0.6 is 23.5 Å². The number of benzene rings is 1. The number of unbranched alkanes of at least 4 members (excludes halogenated alkanes) is 3. The van der Waals surface area contributed by atoms with E-state index in [1.54, 1.807) is 0 Å². The molecular weight excluding hydrogens is 412 g/mol. The average molecular weight is 449 g/mol. The number of thioether (sulfide) groups is 2. The highest BCUT2D eigenvalue weighted by Gasteiger charge is 2.39. The molecule has 2 aliphatic rings. The van der Waals surface area contributed by atoms with Crippen LogP contribution in [0.1, 0.15) is 75.8 Å². The van der Waals surface area contributed by atoms with Gasteiger partial charge < -0.3 is 15.3 Å². The molecule has 5 heteroatoms. The van der Waals surface area contributed by atoms with Crippen LogP contribution in [0.2, 0.25) is 0 Å². The molecule has 0 aromatic heterocycles. The van der Waals surface area contributed by atoms with Gasteiger partial charge >= 0.3 is 0 Å². The summed E-state index contributed by atoms with van der Waals surface area (Å²) >= 11 is 3.90. The number of hydrogen-bond donors (Lipinski definition) is 3. The summed E-state index contributed by atoms with van der Waals surface area (Å²) in [7, 11) is 0. The van der Waals surface area contributed by atoms with Gasteiger partial charge in [0.15, 0.2) is 0 Å². The Labute approximate surface area is 190 Å². The molecule has 1 aromatic rings. The minimum atomic E-state index is -0.156. The fraction of sp³-hybridized carbons (Fsp3) is 0.600. The molecule has 0 spiro atoms. The molecule has 166 valence electrons. The van der Waals surface area contributed by atoms with Gasteiger partial charge in [-0.2, -0.15) is 0 Å². The van der Waals surface area contributed by atoms with E-state index >= 15 is 0 Å². The Morgan fingerprint density at radius 3 is 2.37 bits per heavy atom. The van der Waals surface area contributed by atoms with Crippen molar-refractivity contribution < 1.29 is 15.3 Å². The molecule has 3 N–H and O–H groups in total. The molecule has 1 heterocycles. The molecule has 3 rings (SSSR count). The van der Waals surface area contributed by atoms with Crippen LogP contribution in [0.25, 0.3) is 0 Å². The highest BCUT2D eigenvalue weighted by atomic mass is 32.2. The standard InChI is InChI=1S/C25H36O3S2/c1-4-5-6-7-10-25(29-11-12-30-25)19-14-22(27)24(23(28)15-19)21-13-18(16-26)8-9-20(21)17(2)3/h13-15,20-21,26-28H,2,4-12,16H2,1,3H3/t20?,21-/m0/s1. The average Bonchev–Trinajstić information content (AvgIpc) is 3.20. The van der Waals surface area contributed by atoms with Crippen molar-refractivity contribution in [2.75, 3.05) is 18.1 Å². The van der Waals surface area contributed by atoms with E-state index in [0.29, 0.717) is 5.56 Å². The number of aliphatic hydroxyl groups is 1. The van der Waals surface area contributed by atoms with Gasteiger partial charge in [-0.15, -0.1) is 23.5 Å². The number of rotatable bonds is 9. The second-order valence-corrected chi connectivity index (χ2v) is 11.7. The summed E-state index contributed by atoms with van der Waals surface area (Å²) in [5, 5.41) is 31.8. The smallest absolute Gasteiger partial charge is 0.123 e. The van der Waals surface area contributed by atoms with Crippen molar-refractivity contribution in [1.82, 2.24) is 0 Å². The zero-order valence-electron chi connectivity index (χ0n) is 18.3. The van der Waals surface area contributed by atoms with Crippen molar-refractivity contribution in [2.24, 2.45) is 5.92 Å². The first kappa shape index (κ1) is 23.6. The Kier molecular flexibility index (Phi) is 8.28. The van der Waals surface area contributed by atoms with Gasteiger partial charge in [-0.1, -0.05) is 50.8 Å². The van der Waals surface area contributed by atoms with Crippen LogP contribution in [0.4, 0.5) is 0 Å². The fourth-order valence-corrected chi connectivity index (χ4v) is 8.13. The Morgan fingerprint density at radius 1 is 1.13 bits per heavy atom. The summed E-state index contributed by atoms with van der Waals surface area (Å²) < 4.78 is -0.0757. The summed E-state index contributed by atoms with van der Waals surface area (Å²) in [6.07, 6.45) is 9.66. The van der Waals surface area contributed by atoms with E-state index in [0.717, 1.165) is 47.5 Å². The largest absolute Gasteiger partial charge is 0.507 e. The lowest BCUT2D eigenvalue weighted by molar-refractivity contribution is 0.314. The minimum absolute atomic E-state index is 0.0210. The first-order valence-electron chi connectivity index (χ1n) is 11.2. The summed E-state index contributed by atoms with van der Waals surface area (Å²) in [5.74, 6) is 2.53. The first-order chi connectivity index (χ1) is 14.4. The Morgan fingerprint density at radius 2 is 1.80 bits per heavy atom. The summed E-state index contributed by atoms with van der Waals surface area (Å²) in [6.45, 7) is 8.40. The Bertz CT molecular complexity index is 758. The van der Waals surface area contributed by atoms with Crippen LogP contribution in [-0.4, -0.2) is 33.4 Å². The molecule has 3 nitrogen and oxygen atoms in total. The van der Waals surface area contributed by atoms with E-state index in [1.165, 1.54) is 25.7 Å². The highest BCUT2D eigenvalue weighted by molar-refractivity contribution is 8.20. The molecule has 1 saturated heterocycles. The van der Waals surface area contributed by atoms with Gasteiger partial charge in [0.2, 0.25) is 0 Å². The molecule has 0 radical (unpaired) electrons. The predicted octanol–water partition coefficient (Wildman–Crippen LogP) is 6.69.